The Balaban J connectivity index is 2.41. The van der Waals surface area contributed by atoms with Crippen LogP contribution in [0, 0.1) is 5.82 Å². The quantitative estimate of drug-likeness (QED) is 0.496. The van der Waals surface area contributed by atoms with Crippen molar-refractivity contribution < 1.29 is 22.4 Å². The van der Waals surface area contributed by atoms with Gasteiger partial charge in [-0.2, -0.15) is 0 Å². The Morgan fingerprint density at radius 2 is 1.71 bits per heavy atom. The molecule has 34 heavy (non-hydrogen) atoms. The summed E-state index contributed by atoms with van der Waals surface area (Å²) in [5.74, 6) is -1.56. The first kappa shape index (κ1) is 27.9. The second-order valence-corrected chi connectivity index (χ2v) is 10.7. The third-order valence-electron chi connectivity index (χ3n) is 5.32. The lowest BCUT2D eigenvalue weighted by Gasteiger charge is -2.32. The molecule has 2 aromatic carbocycles. The van der Waals surface area contributed by atoms with E-state index in [2.05, 4.69) is 5.32 Å². The predicted octanol–water partition coefficient (Wildman–Crippen LogP) is 4.23. The number of amides is 2. The number of halogens is 3. The molecule has 0 unspecified atom stereocenters. The molecule has 186 valence electrons. The van der Waals surface area contributed by atoms with Crippen LogP contribution in [0.3, 0.4) is 0 Å². The highest BCUT2D eigenvalue weighted by molar-refractivity contribution is 7.92. The van der Waals surface area contributed by atoms with E-state index in [1.807, 2.05) is 13.8 Å². The molecule has 2 amide bonds. The molecule has 7 nitrogen and oxygen atoms in total. The van der Waals surface area contributed by atoms with E-state index in [0.717, 1.165) is 22.7 Å². The van der Waals surface area contributed by atoms with E-state index in [-0.39, 0.29) is 24.2 Å². The third kappa shape index (κ3) is 7.58. The van der Waals surface area contributed by atoms with Crippen LogP contribution < -0.4 is 9.62 Å². The Kier molecular flexibility index (Phi) is 9.73. The Bertz CT molecular complexity index is 1130. The van der Waals surface area contributed by atoms with Gasteiger partial charge in [-0.25, -0.2) is 12.8 Å². The molecule has 0 bridgehead atoms. The zero-order valence-corrected chi connectivity index (χ0v) is 21.7. The number of carbonyl (C=O) groups is 2. The van der Waals surface area contributed by atoms with Crippen LogP contribution in [0.5, 0.6) is 0 Å². The van der Waals surface area contributed by atoms with E-state index in [0.29, 0.717) is 22.0 Å². The standard InChI is InChI=1S/C23H28Cl2FN3O4S/c1-5-15(2)27-23(31)16(3)28(13-17-6-7-18(24)12-21(17)25)22(30)14-29(34(4,32)33)20-10-8-19(26)9-11-20/h6-12,15-16H,5,13-14H2,1-4H3,(H,27,31)/t15-,16-/m1/s1. The fourth-order valence-electron chi connectivity index (χ4n) is 3.10. The number of hydrogen-bond donors (Lipinski definition) is 1. The third-order valence-corrected chi connectivity index (χ3v) is 7.05. The smallest absolute Gasteiger partial charge is 0.244 e. The second kappa shape index (κ2) is 11.9. The molecule has 2 rings (SSSR count). The van der Waals surface area contributed by atoms with E-state index < -0.39 is 34.3 Å². The lowest BCUT2D eigenvalue weighted by molar-refractivity contribution is -0.139. The van der Waals surface area contributed by atoms with E-state index in [9.17, 15) is 22.4 Å². The fraction of sp³-hybridized carbons (Fsp3) is 0.391. The predicted molar refractivity (Wildman–Crippen MR) is 133 cm³/mol. The molecule has 2 aromatic rings. The molecule has 0 aromatic heterocycles. The summed E-state index contributed by atoms with van der Waals surface area (Å²) in [5.41, 5.74) is 0.661. The molecule has 0 heterocycles. The highest BCUT2D eigenvalue weighted by Crippen LogP contribution is 2.24. The minimum atomic E-state index is -3.90. The first-order chi connectivity index (χ1) is 15.8. The van der Waals surface area contributed by atoms with Crippen molar-refractivity contribution >= 4 is 50.7 Å². The normalized spacial score (nSPS) is 13.1. The first-order valence-corrected chi connectivity index (χ1v) is 13.2. The van der Waals surface area contributed by atoms with E-state index in [1.54, 1.807) is 19.1 Å². The monoisotopic (exact) mass is 531 g/mol. The van der Waals surface area contributed by atoms with Gasteiger partial charge in [-0.15, -0.1) is 0 Å². The van der Waals surface area contributed by atoms with Crippen LogP contribution in [0.2, 0.25) is 10.0 Å². The summed E-state index contributed by atoms with van der Waals surface area (Å²) in [6, 6.07) is 8.46. The minimum Gasteiger partial charge on any atom is -0.352 e. The minimum absolute atomic E-state index is 0.0506. The molecule has 0 saturated carbocycles. The topological polar surface area (TPSA) is 86.8 Å². The van der Waals surface area contributed by atoms with Gasteiger partial charge < -0.3 is 10.2 Å². The summed E-state index contributed by atoms with van der Waals surface area (Å²) in [4.78, 5) is 27.5. The van der Waals surface area contributed by atoms with Crippen molar-refractivity contribution in [3.8, 4) is 0 Å². The molecule has 0 spiro atoms. The Morgan fingerprint density at radius 1 is 1.09 bits per heavy atom. The molecule has 0 aliphatic rings. The number of sulfonamides is 1. The maximum Gasteiger partial charge on any atom is 0.244 e. The highest BCUT2D eigenvalue weighted by atomic mass is 35.5. The number of nitrogens with zero attached hydrogens (tertiary/aromatic N) is 2. The molecule has 0 saturated heterocycles. The van der Waals surface area contributed by atoms with Crippen LogP contribution >= 0.6 is 23.2 Å². The summed E-state index contributed by atoms with van der Waals surface area (Å²) in [6.07, 6.45) is 1.64. The average Bonchev–Trinajstić information content (AvgIpc) is 2.76. The molecular weight excluding hydrogens is 504 g/mol. The fourth-order valence-corrected chi connectivity index (χ4v) is 4.42. The van der Waals surface area contributed by atoms with Crippen molar-refractivity contribution in [3.63, 3.8) is 0 Å². The molecular formula is C23H28Cl2FN3O4S. The van der Waals surface area contributed by atoms with Crippen molar-refractivity contribution in [2.45, 2.75) is 45.8 Å². The number of carbonyl (C=O) groups excluding carboxylic acids is 2. The molecule has 0 aliphatic heterocycles. The van der Waals surface area contributed by atoms with E-state index >= 15 is 0 Å². The van der Waals surface area contributed by atoms with E-state index in [1.165, 1.54) is 23.1 Å². The van der Waals surface area contributed by atoms with Crippen LogP contribution in [-0.2, 0) is 26.2 Å². The van der Waals surface area contributed by atoms with Gasteiger partial charge in [-0.05, 0) is 62.2 Å². The number of hydrogen-bond acceptors (Lipinski definition) is 4. The molecule has 0 fully saturated rings. The number of anilines is 1. The lowest BCUT2D eigenvalue weighted by Crippen LogP contribution is -2.52. The zero-order chi connectivity index (χ0) is 25.6. The lowest BCUT2D eigenvalue weighted by atomic mass is 10.1. The van der Waals surface area contributed by atoms with Crippen molar-refractivity contribution in [2.24, 2.45) is 0 Å². The van der Waals surface area contributed by atoms with Gasteiger partial charge >= 0.3 is 0 Å². The number of nitrogens with one attached hydrogen (secondary N) is 1. The van der Waals surface area contributed by atoms with Crippen molar-refractivity contribution in [2.75, 3.05) is 17.1 Å². The van der Waals surface area contributed by atoms with Gasteiger partial charge in [0.2, 0.25) is 21.8 Å². The van der Waals surface area contributed by atoms with Gasteiger partial charge in [0.25, 0.3) is 0 Å². The van der Waals surface area contributed by atoms with Gasteiger partial charge in [-0.1, -0.05) is 36.2 Å². The number of rotatable bonds is 10. The van der Waals surface area contributed by atoms with Crippen molar-refractivity contribution in [1.82, 2.24) is 10.2 Å². The Morgan fingerprint density at radius 3 is 2.24 bits per heavy atom. The second-order valence-electron chi connectivity index (χ2n) is 8.00. The van der Waals surface area contributed by atoms with Gasteiger partial charge in [-0.3, -0.25) is 13.9 Å². The van der Waals surface area contributed by atoms with Gasteiger partial charge in [0.15, 0.2) is 0 Å². The summed E-state index contributed by atoms with van der Waals surface area (Å²) in [7, 11) is -3.90. The first-order valence-electron chi connectivity index (χ1n) is 10.6. The Labute approximate surface area is 209 Å². The van der Waals surface area contributed by atoms with Crippen LogP contribution in [-0.4, -0.2) is 50.0 Å². The average molecular weight is 532 g/mol. The van der Waals surface area contributed by atoms with Gasteiger partial charge in [0, 0.05) is 22.6 Å². The summed E-state index contributed by atoms with van der Waals surface area (Å²) in [5, 5.41) is 3.55. The summed E-state index contributed by atoms with van der Waals surface area (Å²) in [6.45, 7) is 4.68. The largest absolute Gasteiger partial charge is 0.352 e. The van der Waals surface area contributed by atoms with Crippen LogP contribution in [0.1, 0.15) is 32.8 Å². The maximum atomic E-state index is 13.4. The van der Waals surface area contributed by atoms with Crippen molar-refractivity contribution in [3.05, 3.63) is 63.9 Å². The molecule has 2 atom stereocenters. The van der Waals surface area contributed by atoms with Gasteiger partial charge in [0.05, 0.1) is 11.9 Å². The van der Waals surface area contributed by atoms with Crippen LogP contribution in [0.15, 0.2) is 42.5 Å². The highest BCUT2D eigenvalue weighted by Gasteiger charge is 2.30. The SMILES string of the molecule is CC[C@@H](C)NC(=O)[C@@H](C)N(Cc1ccc(Cl)cc1Cl)C(=O)CN(c1ccc(F)cc1)S(C)(=O)=O. The zero-order valence-electron chi connectivity index (χ0n) is 19.4. The Hall–Kier alpha value is -2.36. The van der Waals surface area contributed by atoms with Crippen LogP contribution in [0.4, 0.5) is 10.1 Å². The van der Waals surface area contributed by atoms with E-state index in [4.69, 9.17) is 23.2 Å². The molecule has 1 N–H and O–H groups in total. The molecule has 0 aliphatic carbocycles. The number of benzene rings is 2. The maximum absolute atomic E-state index is 13.4. The van der Waals surface area contributed by atoms with Crippen molar-refractivity contribution in [1.29, 1.82) is 0 Å². The molecule has 11 heteroatoms. The summed E-state index contributed by atoms with van der Waals surface area (Å²) < 4.78 is 39.1. The molecule has 0 radical (unpaired) electrons. The summed E-state index contributed by atoms with van der Waals surface area (Å²) >= 11 is 12.3. The van der Waals surface area contributed by atoms with Gasteiger partial charge in [0.1, 0.15) is 18.4 Å². The van der Waals surface area contributed by atoms with Crippen LogP contribution in [0.25, 0.3) is 0 Å².